The third-order valence-electron chi connectivity index (χ3n) is 3.49. The van der Waals surface area contributed by atoms with Gasteiger partial charge in [0.1, 0.15) is 0 Å². The number of hydrogen-bond acceptors (Lipinski definition) is 3. The lowest BCUT2D eigenvalue weighted by Gasteiger charge is -2.15. The van der Waals surface area contributed by atoms with Gasteiger partial charge in [0.2, 0.25) is 0 Å². The highest BCUT2D eigenvalue weighted by Gasteiger charge is 2.25. The second kappa shape index (κ2) is 5.32. The van der Waals surface area contributed by atoms with Crippen molar-refractivity contribution in [3.63, 3.8) is 0 Å². The number of carbonyl (C=O) groups excluding carboxylic acids is 2. The van der Waals surface area contributed by atoms with Crippen LogP contribution < -0.4 is 10.2 Å². The molecule has 0 bridgehead atoms. The summed E-state index contributed by atoms with van der Waals surface area (Å²) >= 11 is 6.05. The minimum absolute atomic E-state index is 0.162. The Kier molecular flexibility index (Phi) is 3.53. The van der Waals surface area contributed by atoms with E-state index in [0.29, 0.717) is 41.9 Å². The van der Waals surface area contributed by atoms with Gasteiger partial charge < -0.3 is 10.1 Å². The van der Waals surface area contributed by atoms with Crippen LogP contribution in [0.25, 0.3) is 0 Å². The zero-order valence-electron chi connectivity index (χ0n) is 10.9. The molecule has 2 aliphatic rings. The minimum atomic E-state index is -0.427. The number of nitrogens with one attached hydrogen (secondary N) is 1. The molecule has 6 heteroatoms. The van der Waals surface area contributed by atoms with Gasteiger partial charge in [-0.15, -0.1) is 0 Å². The molecule has 0 aromatic heterocycles. The predicted molar refractivity (Wildman–Crippen MR) is 75.2 cm³/mol. The number of benzene rings is 1. The molecule has 1 aromatic carbocycles. The lowest BCUT2D eigenvalue weighted by atomic mass is 10.2. The molecule has 1 saturated heterocycles. The summed E-state index contributed by atoms with van der Waals surface area (Å²) in [6, 6.07) is 4.80. The first-order valence-electron chi connectivity index (χ1n) is 6.67. The smallest absolute Gasteiger partial charge is 0.339 e. The summed E-state index contributed by atoms with van der Waals surface area (Å²) in [5.41, 5.74) is 0.965. The number of amides is 2. The molecule has 1 heterocycles. The van der Waals surface area contributed by atoms with E-state index in [4.69, 9.17) is 16.3 Å². The van der Waals surface area contributed by atoms with Crippen LogP contribution in [0.4, 0.5) is 10.5 Å². The molecule has 1 saturated carbocycles. The number of carbonyl (C=O) groups is 2. The number of urea groups is 1. The molecule has 2 amide bonds. The molecule has 1 N–H and O–H groups in total. The van der Waals surface area contributed by atoms with E-state index in [9.17, 15) is 9.59 Å². The van der Waals surface area contributed by atoms with E-state index in [1.54, 1.807) is 23.1 Å². The molecule has 3 rings (SSSR count). The summed E-state index contributed by atoms with van der Waals surface area (Å²) in [6.07, 6.45) is 2.24. The van der Waals surface area contributed by atoms with Crippen LogP contribution in [-0.4, -0.2) is 31.7 Å². The van der Waals surface area contributed by atoms with Gasteiger partial charge in [0, 0.05) is 18.8 Å². The summed E-state index contributed by atoms with van der Waals surface area (Å²) in [4.78, 5) is 25.2. The van der Waals surface area contributed by atoms with Gasteiger partial charge in [0.25, 0.3) is 0 Å². The van der Waals surface area contributed by atoms with Crippen molar-refractivity contribution in [1.82, 2.24) is 5.32 Å². The van der Waals surface area contributed by atoms with Gasteiger partial charge in [0.05, 0.1) is 17.2 Å². The molecule has 0 unspecified atom stereocenters. The van der Waals surface area contributed by atoms with Crippen molar-refractivity contribution in [2.24, 2.45) is 5.92 Å². The van der Waals surface area contributed by atoms with E-state index in [-0.39, 0.29) is 6.03 Å². The van der Waals surface area contributed by atoms with Crippen molar-refractivity contribution >= 4 is 29.3 Å². The van der Waals surface area contributed by atoms with Gasteiger partial charge in [-0.05, 0) is 37.0 Å². The first kappa shape index (κ1) is 13.2. The van der Waals surface area contributed by atoms with E-state index < -0.39 is 5.97 Å². The molecule has 0 radical (unpaired) electrons. The van der Waals surface area contributed by atoms with E-state index in [2.05, 4.69) is 5.32 Å². The summed E-state index contributed by atoms with van der Waals surface area (Å²) in [5, 5.41) is 3.06. The fourth-order valence-corrected chi connectivity index (χ4v) is 2.31. The van der Waals surface area contributed by atoms with E-state index in [0.717, 1.165) is 12.8 Å². The Balaban J connectivity index is 1.78. The second-order valence-electron chi connectivity index (χ2n) is 5.09. The molecule has 5 nitrogen and oxygen atoms in total. The van der Waals surface area contributed by atoms with Crippen LogP contribution in [-0.2, 0) is 4.74 Å². The van der Waals surface area contributed by atoms with Crippen LogP contribution in [0.2, 0.25) is 5.02 Å². The number of nitrogens with zero attached hydrogens (tertiary/aromatic N) is 1. The van der Waals surface area contributed by atoms with Gasteiger partial charge in [0.15, 0.2) is 0 Å². The Morgan fingerprint density at radius 2 is 2.25 bits per heavy atom. The van der Waals surface area contributed by atoms with E-state index in [1.165, 1.54) is 0 Å². The molecular weight excluding hydrogens is 280 g/mol. The highest BCUT2D eigenvalue weighted by atomic mass is 35.5. The van der Waals surface area contributed by atoms with Gasteiger partial charge in [-0.25, -0.2) is 9.59 Å². The van der Waals surface area contributed by atoms with Crippen molar-refractivity contribution in [1.29, 1.82) is 0 Å². The predicted octanol–water partition coefficient (Wildman–Crippen LogP) is 2.44. The topological polar surface area (TPSA) is 58.6 Å². The maximum absolute atomic E-state index is 12.0. The van der Waals surface area contributed by atoms with Crippen LogP contribution in [0.3, 0.4) is 0 Å². The van der Waals surface area contributed by atoms with Gasteiger partial charge in [-0.3, -0.25) is 4.90 Å². The monoisotopic (exact) mass is 294 g/mol. The van der Waals surface area contributed by atoms with E-state index >= 15 is 0 Å². The zero-order valence-corrected chi connectivity index (χ0v) is 11.7. The third-order valence-corrected chi connectivity index (χ3v) is 3.81. The summed E-state index contributed by atoms with van der Waals surface area (Å²) < 4.78 is 5.23. The molecule has 0 spiro atoms. The van der Waals surface area contributed by atoms with Gasteiger partial charge in [-0.1, -0.05) is 11.6 Å². The number of hydrogen-bond donors (Lipinski definition) is 1. The summed E-state index contributed by atoms with van der Waals surface area (Å²) in [7, 11) is 0. The Labute approximate surface area is 121 Å². The maximum Gasteiger partial charge on any atom is 0.339 e. The molecule has 2 fully saturated rings. The van der Waals surface area contributed by atoms with Crippen molar-refractivity contribution in [2.45, 2.75) is 12.8 Å². The number of rotatable bonds is 4. The zero-order chi connectivity index (χ0) is 14.1. The highest BCUT2D eigenvalue weighted by Crippen LogP contribution is 2.30. The number of esters is 1. The minimum Gasteiger partial charge on any atom is -0.462 e. The average molecular weight is 295 g/mol. The van der Waals surface area contributed by atoms with Gasteiger partial charge >= 0.3 is 12.0 Å². The van der Waals surface area contributed by atoms with Crippen molar-refractivity contribution in [3.05, 3.63) is 28.8 Å². The largest absolute Gasteiger partial charge is 0.462 e. The fraction of sp³-hybridized carbons (Fsp3) is 0.429. The molecule has 1 aromatic rings. The van der Waals surface area contributed by atoms with Crippen molar-refractivity contribution in [2.75, 3.05) is 24.6 Å². The first-order chi connectivity index (χ1) is 9.65. The molecule has 20 heavy (non-hydrogen) atoms. The number of ether oxygens (including phenoxy) is 1. The third kappa shape index (κ3) is 2.72. The summed E-state index contributed by atoms with van der Waals surface area (Å²) in [6.45, 7) is 1.63. The SMILES string of the molecule is O=C(OCC1CC1)c1cc(N2CCNC2=O)ccc1Cl. The van der Waals surface area contributed by atoms with Crippen molar-refractivity contribution in [3.8, 4) is 0 Å². The quantitative estimate of drug-likeness (QED) is 0.868. The Morgan fingerprint density at radius 3 is 2.90 bits per heavy atom. The lowest BCUT2D eigenvalue weighted by molar-refractivity contribution is 0.0486. The van der Waals surface area contributed by atoms with Crippen molar-refractivity contribution < 1.29 is 14.3 Å². The molecule has 1 aliphatic heterocycles. The van der Waals surface area contributed by atoms with Crippen LogP contribution >= 0.6 is 11.6 Å². The molecule has 106 valence electrons. The Morgan fingerprint density at radius 1 is 1.45 bits per heavy atom. The van der Waals surface area contributed by atoms with Crippen LogP contribution in [0.1, 0.15) is 23.2 Å². The molecule has 0 atom stereocenters. The molecular formula is C14H15ClN2O3. The van der Waals surface area contributed by atoms with Crippen LogP contribution in [0.5, 0.6) is 0 Å². The second-order valence-corrected chi connectivity index (χ2v) is 5.50. The number of halogens is 1. The standard InChI is InChI=1S/C14H15ClN2O3/c15-12-4-3-10(17-6-5-16-14(17)19)7-11(12)13(18)20-8-9-1-2-9/h3-4,7,9H,1-2,5-6,8H2,(H,16,19). The number of anilines is 1. The highest BCUT2D eigenvalue weighted by molar-refractivity contribution is 6.33. The first-order valence-corrected chi connectivity index (χ1v) is 7.05. The maximum atomic E-state index is 12.0. The van der Waals surface area contributed by atoms with Gasteiger partial charge in [-0.2, -0.15) is 0 Å². The van der Waals surface area contributed by atoms with E-state index in [1.807, 2.05) is 0 Å². The fourth-order valence-electron chi connectivity index (χ4n) is 2.11. The Hall–Kier alpha value is -1.75. The normalized spacial score (nSPS) is 18.1. The Bertz CT molecular complexity index is 557. The summed E-state index contributed by atoms with van der Waals surface area (Å²) in [5.74, 6) is 0.0774. The average Bonchev–Trinajstić information content (AvgIpc) is 3.18. The van der Waals surface area contributed by atoms with Crippen LogP contribution in [0.15, 0.2) is 18.2 Å². The van der Waals surface area contributed by atoms with Crippen LogP contribution in [0, 0.1) is 5.92 Å². The lowest BCUT2D eigenvalue weighted by Crippen LogP contribution is -2.27. The molecule has 1 aliphatic carbocycles.